The Kier molecular flexibility index (Phi) is 6.98. The normalized spacial score (nSPS) is 37.4. The standard InChI is InChI=1S/C31H38ClN3O7/c1-18-10-12-30-15-23(41-4)26(37)31(30,40)29(18,3)24(42-25(36)16-32)14-22(19(30)2)20-11-13-33-27(38)35(28(39)34(33)17-20)21-8-6-5-7-9-21/h5-9,11,18-19,22-24,40H,10,12-17H2,1-4H3/t18-,19+,22-,23+,24-,29+,30+,31-/m1/s1. The maximum atomic E-state index is 14.1. The molecule has 6 rings (SSSR count). The van der Waals surface area contributed by atoms with Gasteiger partial charge in [0, 0.05) is 17.9 Å². The fourth-order valence-corrected chi connectivity index (χ4v) is 9.07. The van der Waals surface area contributed by atoms with Gasteiger partial charge in [-0.1, -0.05) is 45.0 Å². The maximum absolute atomic E-state index is 14.1. The van der Waals surface area contributed by atoms with Crippen LogP contribution in [0.1, 0.15) is 46.5 Å². The number of carbonyl (C=O) groups is 2. The zero-order chi connectivity index (χ0) is 30.2. The summed E-state index contributed by atoms with van der Waals surface area (Å²) in [6, 6.07) is 8.81. The minimum absolute atomic E-state index is 0.137. The van der Waals surface area contributed by atoms with E-state index in [1.807, 2.05) is 26.0 Å². The van der Waals surface area contributed by atoms with Gasteiger partial charge in [-0.15, -0.1) is 11.6 Å². The predicted molar refractivity (Wildman–Crippen MR) is 155 cm³/mol. The average Bonchev–Trinajstić information content (AvgIpc) is 3.38. The number of nitrogens with zero attached hydrogens (tertiary/aromatic N) is 3. The van der Waals surface area contributed by atoms with Crippen LogP contribution in [0.15, 0.2) is 51.6 Å². The number of halogens is 1. The summed E-state index contributed by atoms with van der Waals surface area (Å²) in [6.07, 6.45) is 2.45. The van der Waals surface area contributed by atoms with Crippen LogP contribution < -0.4 is 11.4 Å². The van der Waals surface area contributed by atoms with Crippen molar-refractivity contribution >= 4 is 23.4 Å². The van der Waals surface area contributed by atoms with Crippen molar-refractivity contribution in [1.29, 1.82) is 0 Å². The Balaban J connectivity index is 1.48. The van der Waals surface area contributed by atoms with Crippen molar-refractivity contribution in [2.24, 2.45) is 28.6 Å². The van der Waals surface area contributed by atoms with Crippen LogP contribution in [-0.2, 0) is 32.2 Å². The van der Waals surface area contributed by atoms with Crippen molar-refractivity contribution in [2.45, 2.75) is 77.4 Å². The molecule has 2 aromatic rings. The number of ether oxygens (including phenoxy) is 2. The Labute approximate surface area is 248 Å². The number of ketones is 1. The van der Waals surface area contributed by atoms with Crippen molar-refractivity contribution < 1.29 is 24.2 Å². The van der Waals surface area contributed by atoms with Gasteiger partial charge in [0.2, 0.25) is 0 Å². The van der Waals surface area contributed by atoms with Gasteiger partial charge in [-0.2, -0.15) is 0 Å². The molecular formula is C31H38ClN3O7. The van der Waals surface area contributed by atoms with Gasteiger partial charge in [-0.25, -0.2) is 23.5 Å². The van der Waals surface area contributed by atoms with E-state index in [2.05, 4.69) is 6.92 Å². The maximum Gasteiger partial charge on any atom is 0.352 e. The fraction of sp³-hybridized carbons (Fsp3) is 0.613. The first-order chi connectivity index (χ1) is 20.0. The lowest BCUT2D eigenvalue weighted by atomic mass is 9.46. The highest BCUT2D eigenvalue weighted by Gasteiger charge is 2.78. The second-order valence-corrected chi connectivity index (χ2v) is 13.0. The summed E-state index contributed by atoms with van der Waals surface area (Å²) >= 11 is 5.89. The summed E-state index contributed by atoms with van der Waals surface area (Å²) in [5.41, 5.74) is -3.17. The highest BCUT2D eigenvalue weighted by Crippen LogP contribution is 2.71. The zero-order valence-corrected chi connectivity index (χ0v) is 25.2. The first-order valence-corrected chi connectivity index (χ1v) is 15.2. The number of benzene rings is 1. The van der Waals surface area contributed by atoms with Gasteiger partial charge in [-0.05, 0) is 61.1 Å². The molecule has 4 aliphatic rings. The molecule has 226 valence electrons. The summed E-state index contributed by atoms with van der Waals surface area (Å²) in [6.45, 7) is 6.31. The lowest BCUT2D eigenvalue weighted by molar-refractivity contribution is -0.234. The number of carbonyl (C=O) groups excluding carboxylic acids is 2. The van der Waals surface area contributed by atoms with E-state index < -0.39 is 46.0 Å². The first kappa shape index (κ1) is 29.1. The Bertz CT molecular complexity index is 1580. The third-order valence-electron chi connectivity index (χ3n) is 11.5. The number of esters is 1. The molecule has 1 aliphatic heterocycles. The molecule has 0 saturated heterocycles. The molecule has 1 aromatic carbocycles. The van der Waals surface area contributed by atoms with Crippen LogP contribution in [0.25, 0.3) is 5.69 Å². The molecule has 0 unspecified atom stereocenters. The van der Waals surface area contributed by atoms with Crippen molar-refractivity contribution in [3.63, 3.8) is 0 Å². The van der Waals surface area contributed by atoms with Gasteiger partial charge >= 0.3 is 17.3 Å². The Morgan fingerprint density at radius 2 is 1.81 bits per heavy atom. The molecule has 0 spiro atoms. The molecular weight excluding hydrogens is 562 g/mol. The predicted octanol–water partition coefficient (Wildman–Crippen LogP) is 2.69. The van der Waals surface area contributed by atoms with Crippen LogP contribution in [-0.4, -0.2) is 61.6 Å². The van der Waals surface area contributed by atoms with Gasteiger partial charge in [0.1, 0.15) is 23.7 Å². The Morgan fingerprint density at radius 3 is 2.48 bits per heavy atom. The molecule has 11 heteroatoms. The Morgan fingerprint density at radius 1 is 1.12 bits per heavy atom. The van der Waals surface area contributed by atoms with E-state index in [0.717, 1.165) is 12.0 Å². The summed E-state index contributed by atoms with van der Waals surface area (Å²) in [4.78, 5) is 53.7. The van der Waals surface area contributed by atoms with Crippen molar-refractivity contribution in [2.75, 3.05) is 13.0 Å². The van der Waals surface area contributed by atoms with E-state index in [9.17, 15) is 24.3 Å². The van der Waals surface area contributed by atoms with Crippen molar-refractivity contribution in [1.82, 2.24) is 13.9 Å². The van der Waals surface area contributed by atoms with E-state index in [4.69, 9.17) is 21.1 Å². The third-order valence-corrected chi connectivity index (χ3v) is 11.7. The first-order valence-electron chi connectivity index (χ1n) is 14.7. The van der Waals surface area contributed by atoms with Crippen molar-refractivity contribution in [3.8, 4) is 5.69 Å². The van der Waals surface area contributed by atoms with E-state index >= 15 is 0 Å². The second kappa shape index (κ2) is 10.1. The van der Waals surface area contributed by atoms with Crippen LogP contribution in [0.3, 0.4) is 0 Å². The number of allylic oxidation sites excluding steroid dienone is 2. The second-order valence-electron chi connectivity index (χ2n) is 12.8. The third kappa shape index (κ3) is 3.64. The van der Waals surface area contributed by atoms with Crippen LogP contribution in [0.2, 0.25) is 0 Å². The number of fused-ring (bicyclic) bond motifs is 1. The summed E-state index contributed by atoms with van der Waals surface area (Å²) in [7, 11) is 1.49. The van der Waals surface area contributed by atoms with E-state index in [1.165, 1.54) is 21.0 Å². The highest BCUT2D eigenvalue weighted by atomic mass is 35.5. The molecule has 3 fully saturated rings. The van der Waals surface area contributed by atoms with Gasteiger partial charge < -0.3 is 14.6 Å². The molecule has 2 heterocycles. The molecule has 1 N–H and O–H groups in total. The topological polar surface area (TPSA) is 122 Å². The average molecular weight is 600 g/mol. The SMILES string of the molecule is CO[C@H]1C[C@@]23CC[C@@H](C)[C@@](C)([C@H](OC(=O)CCl)C[C@@H](C4=CCn5c(=O)n(-c6ccccc6)c(=O)n5C4)[C@@H]2C)[C@]3(O)C1=O. The summed E-state index contributed by atoms with van der Waals surface area (Å²) in [5, 5.41) is 12.8. The molecule has 0 amide bonds. The molecule has 0 radical (unpaired) electrons. The lowest BCUT2D eigenvalue weighted by Gasteiger charge is -2.60. The number of para-hydroxylation sites is 1. The summed E-state index contributed by atoms with van der Waals surface area (Å²) < 4.78 is 15.7. The van der Waals surface area contributed by atoms with Gasteiger partial charge in [0.05, 0.1) is 18.8 Å². The zero-order valence-electron chi connectivity index (χ0n) is 24.4. The van der Waals surface area contributed by atoms with E-state index in [1.54, 1.807) is 24.3 Å². The smallest absolute Gasteiger partial charge is 0.352 e. The quantitative estimate of drug-likeness (QED) is 0.319. The van der Waals surface area contributed by atoms with E-state index in [-0.39, 0.29) is 42.5 Å². The fourth-order valence-electron chi connectivity index (χ4n) is 9.00. The molecule has 2 bridgehead atoms. The number of aliphatic hydroxyl groups is 1. The lowest BCUT2D eigenvalue weighted by Crippen LogP contribution is -2.69. The molecule has 42 heavy (non-hydrogen) atoms. The van der Waals surface area contributed by atoms with Gasteiger partial charge in [0.25, 0.3) is 0 Å². The number of rotatable bonds is 5. The van der Waals surface area contributed by atoms with Gasteiger partial charge in [-0.3, -0.25) is 9.59 Å². The van der Waals surface area contributed by atoms with Crippen LogP contribution in [0, 0.1) is 28.6 Å². The summed E-state index contributed by atoms with van der Waals surface area (Å²) in [5.74, 6) is -1.94. The van der Waals surface area contributed by atoms with Crippen LogP contribution >= 0.6 is 11.6 Å². The number of aromatic nitrogens is 3. The molecule has 8 atom stereocenters. The number of hydrogen-bond donors (Lipinski definition) is 1. The van der Waals surface area contributed by atoms with Gasteiger partial charge in [0.15, 0.2) is 5.78 Å². The van der Waals surface area contributed by atoms with E-state index in [0.29, 0.717) is 24.9 Å². The molecule has 3 aliphatic carbocycles. The Hall–Kier alpha value is -2.95. The van der Waals surface area contributed by atoms with Crippen LogP contribution in [0.5, 0.6) is 0 Å². The van der Waals surface area contributed by atoms with Crippen LogP contribution in [0.4, 0.5) is 0 Å². The minimum Gasteiger partial charge on any atom is -0.461 e. The highest BCUT2D eigenvalue weighted by molar-refractivity contribution is 6.26. The van der Waals surface area contributed by atoms with Crippen molar-refractivity contribution in [3.05, 3.63) is 62.9 Å². The monoisotopic (exact) mass is 599 g/mol. The number of alkyl halides is 1. The number of Topliss-reactive ketones (excluding diaryl/α,β-unsaturated/α-hetero) is 1. The number of hydrogen-bond acceptors (Lipinski definition) is 7. The largest absolute Gasteiger partial charge is 0.461 e. The number of methoxy groups -OCH3 is 1. The molecule has 3 saturated carbocycles. The minimum atomic E-state index is -1.80. The molecule has 1 aromatic heterocycles. The molecule has 10 nitrogen and oxygen atoms in total.